The van der Waals surface area contributed by atoms with Crippen molar-refractivity contribution in [3.63, 3.8) is 0 Å². The van der Waals surface area contributed by atoms with Gasteiger partial charge in [-0.2, -0.15) is 0 Å². The second-order valence-electron chi connectivity index (χ2n) is 3.11. The van der Waals surface area contributed by atoms with Gasteiger partial charge in [-0.3, -0.25) is 4.79 Å². The molecule has 1 aliphatic rings. The van der Waals surface area contributed by atoms with Gasteiger partial charge in [-0.25, -0.2) is 0 Å². The van der Waals surface area contributed by atoms with Gasteiger partial charge >= 0.3 is 32.2 Å². The zero-order chi connectivity index (χ0) is 11.7. The second-order valence-corrected chi connectivity index (χ2v) is 4.34. The van der Waals surface area contributed by atoms with Gasteiger partial charge in [0.2, 0.25) is 0 Å². The molecule has 0 saturated carbocycles. The summed E-state index contributed by atoms with van der Waals surface area (Å²) in [6, 6.07) is 0. The fraction of sp³-hybridized carbons (Fsp3) is 0.778. The molecule has 0 aromatic rings. The summed E-state index contributed by atoms with van der Waals surface area (Å²) in [6.07, 6.45) is 1.86. The molecular weight excluding hydrogens is 441 g/mol. The summed E-state index contributed by atoms with van der Waals surface area (Å²) in [4.78, 5) is 11.1. The van der Waals surface area contributed by atoms with E-state index in [-0.39, 0.29) is 42.4 Å². The van der Waals surface area contributed by atoms with Crippen molar-refractivity contribution in [3.05, 3.63) is 0 Å². The summed E-state index contributed by atoms with van der Waals surface area (Å²) in [5.74, 6) is 0.130. The van der Waals surface area contributed by atoms with Crippen LogP contribution in [0.4, 0.5) is 0 Å². The molecule has 1 heterocycles. The Morgan fingerprint density at radius 3 is 2.38 bits per heavy atom. The van der Waals surface area contributed by atoms with Crippen LogP contribution in [0.2, 0.25) is 0 Å². The van der Waals surface area contributed by atoms with Crippen LogP contribution in [0.15, 0.2) is 0 Å². The van der Waals surface area contributed by atoms with Crippen LogP contribution in [0.25, 0.3) is 0 Å². The first-order chi connectivity index (χ1) is 7.07. The third-order valence-corrected chi connectivity index (χ3v) is 1.96. The number of carbonyl (C=O) groups excluding carboxylic acids is 1. The fourth-order valence-electron chi connectivity index (χ4n) is 1.32. The Kier molecular flexibility index (Phi) is 14.2. The van der Waals surface area contributed by atoms with Gasteiger partial charge in [-0.05, 0) is 32.9 Å². The summed E-state index contributed by atoms with van der Waals surface area (Å²) < 4.78 is 5.11. The van der Waals surface area contributed by atoms with E-state index in [9.17, 15) is 4.79 Å². The number of nitrogens with two attached hydrogens (primary N) is 1. The summed E-state index contributed by atoms with van der Waals surface area (Å²) in [5, 5.41) is 3.20. The Bertz CT molecular complexity index is 208. The van der Waals surface area contributed by atoms with Gasteiger partial charge in [0, 0.05) is 0 Å². The summed E-state index contributed by atoms with van der Waals surface area (Å²) in [5.41, 5.74) is 4.71. The van der Waals surface area contributed by atoms with Crippen molar-refractivity contribution in [2.24, 2.45) is 11.7 Å². The van der Waals surface area contributed by atoms with Crippen LogP contribution < -0.4 is 11.1 Å². The average molecular weight is 462 g/mol. The molecule has 1 fully saturated rings. The monoisotopic (exact) mass is 462 g/mol. The molecule has 4 nitrogen and oxygen atoms in total. The Balaban J connectivity index is 0. The molecule has 1 saturated heterocycles. The Morgan fingerprint density at radius 2 is 2.00 bits per heavy atom. The molecule has 1 rings (SSSR count). The van der Waals surface area contributed by atoms with Crippen molar-refractivity contribution in [1.82, 2.24) is 5.32 Å². The van der Waals surface area contributed by atoms with Gasteiger partial charge in [-0.1, -0.05) is 12.2 Å². The fourth-order valence-corrected chi connectivity index (χ4v) is 1.32. The number of hydrogen-bond acceptors (Lipinski definition) is 4. The molecule has 0 radical (unpaired) electrons. The van der Waals surface area contributed by atoms with Gasteiger partial charge in [0.25, 0.3) is 0 Å². The molecule has 0 amide bonds. The standard InChI is InChI=1S/C8H15NO2.CH3NS2.Bi.3H/c1-2-11-8(10)7-3-5-9-6-4-7;2-1(3)4;;;;/h7,9H,2-6H2,1H3;(H3,2,3,4);;;;. The SMILES string of the molecule is CCOC(=O)C1CCNCC1.NC(=S)S.[BiH3]. The second kappa shape index (κ2) is 12.0. The molecule has 0 aliphatic carbocycles. The Labute approximate surface area is 127 Å². The van der Waals surface area contributed by atoms with Gasteiger partial charge in [0.1, 0.15) is 4.32 Å². The topological polar surface area (TPSA) is 64.3 Å². The predicted molar refractivity (Wildman–Crippen MR) is 77.9 cm³/mol. The number of nitrogens with one attached hydrogen (secondary N) is 1. The maximum absolute atomic E-state index is 11.1. The maximum atomic E-state index is 11.1. The number of thiocarbonyl (C=S) groups is 1. The van der Waals surface area contributed by atoms with Crippen molar-refractivity contribution in [3.8, 4) is 0 Å². The average Bonchev–Trinajstić information content (AvgIpc) is 2.19. The number of ether oxygens (including phenoxy) is 1. The van der Waals surface area contributed by atoms with E-state index in [4.69, 9.17) is 10.5 Å². The van der Waals surface area contributed by atoms with Crippen LogP contribution >= 0.6 is 24.8 Å². The van der Waals surface area contributed by atoms with E-state index in [1.54, 1.807) is 0 Å². The van der Waals surface area contributed by atoms with Crippen LogP contribution in [-0.4, -0.2) is 56.2 Å². The molecule has 0 unspecified atom stereocenters. The van der Waals surface area contributed by atoms with Crippen molar-refractivity contribution < 1.29 is 9.53 Å². The molecule has 0 bridgehead atoms. The van der Waals surface area contributed by atoms with Crippen molar-refractivity contribution in [2.75, 3.05) is 19.7 Å². The van der Waals surface area contributed by atoms with E-state index in [2.05, 4.69) is 30.2 Å². The van der Waals surface area contributed by atoms with E-state index in [1.807, 2.05) is 6.92 Å². The van der Waals surface area contributed by atoms with Gasteiger partial charge in [-0.15, -0.1) is 12.6 Å². The molecule has 0 aromatic heterocycles. The summed E-state index contributed by atoms with van der Waals surface area (Å²) in [6.45, 7) is 4.24. The van der Waals surface area contributed by atoms with E-state index in [0.717, 1.165) is 25.9 Å². The van der Waals surface area contributed by atoms with E-state index < -0.39 is 0 Å². The zero-order valence-corrected chi connectivity index (χ0v) is 16.8. The predicted octanol–water partition coefficient (Wildman–Crippen LogP) is -0.475. The van der Waals surface area contributed by atoms with Crippen molar-refractivity contribution in [2.45, 2.75) is 19.8 Å². The van der Waals surface area contributed by atoms with Crippen LogP contribution in [0.5, 0.6) is 0 Å². The molecule has 96 valence electrons. The first-order valence-corrected chi connectivity index (χ1v) is 5.79. The van der Waals surface area contributed by atoms with E-state index >= 15 is 0 Å². The van der Waals surface area contributed by atoms with E-state index in [0.29, 0.717) is 6.61 Å². The van der Waals surface area contributed by atoms with Crippen molar-refractivity contribution >= 4 is 61.3 Å². The molecule has 0 spiro atoms. The zero-order valence-electron chi connectivity index (χ0n) is 9.57. The Hall–Kier alpha value is 0.553. The number of rotatable bonds is 2. The molecule has 0 atom stereocenters. The number of hydrogen-bond donors (Lipinski definition) is 3. The van der Waals surface area contributed by atoms with Crippen LogP contribution in [-0.2, 0) is 9.53 Å². The van der Waals surface area contributed by atoms with Crippen LogP contribution in [0.1, 0.15) is 19.8 Å². The quantitative estimate of drug-likeness (QED) is 0.224. The molecular formula is C9H21BiN2O2S2. The number of piperidine rings is 1. The van der Waals surface area contributed by atoms with Crippen LogP contribution in [0.3, 0.4) is 0 Å². The first kappa shape index (κ1) is 18.9. The van der Waals surface area contributed by atoms with Gasteiger partial charge in [0.05, 0.1) is 12.5 Å². The molecule has 1 aliphatic heterocycles. The van der Waals surface area contributed by atoms with Crippen molar-refractivity contribution in [1.29, 1.82) is 0 Å². The summed E-state index contributed by atoms with van der Waals surface area (Å²) >= 11 is 7.65. The van der Waals surface area contributed by atoms with Gasteiger partial charge < -0.3 is 15.8 Å². The summed E-state index contributed by atoms with van der Waals surface area (Å²) in [7, 11) is 0. The molecule has 16 heavy (non-hydrogen) atoms. The molecule has 3 N–H and O–H groups in total. The third-order valence-electron chi connectivity index (χ3n) is 1.96. The third kappa shape index (κ3) is 11.1. The number of esters is 1. The Morgan fingerprint density at radius 1 is 1.56 bits per heavy atom. The molecule has 0 aromatic carbocycles. The number of carbonyl (C=O) groups is 1. The van der Waals surface area contributed by atoms with E-state index in [1.165, 1.54) is 0 Å². The first-order valence-electron chi connectivity index (χ1n) is 4.93. The van der Waals surface area contributed by atoms with Crippen LogP contribution in [0, 0.1) is 5.92 Å². The minimum atomic E-state index is -0.0194. The van der Waals surface area contributed by atoms with Gasteiger partial charge in [0.15, 0.2) is 0 Å². The number of thiol groups is 1. The normalized spacial score (nSPS) is 15.1. The molecule has 7 heteroatoms. The minimum absolute atomic E-state index is 0.